The molecule has 0 spiro atoms. The molecule has 2 aromatic rings. The van der Waals surface area contributed by atoms with E-state index in [0.717, 1.165) is 0 Å². The summed E-state index contributed by atoms with van der Waals surface area (Å²) in [5.41, 5.74) is 0.528. The highest BCUT2D eigenvalue weighted by atomic mass is 35.5. The predicted molar refractivity (Wildman–Crippen MR) is 58.5 cm³/mol. The molecule has 0 bridgehead atoms. The summed E-state index contributed by atoms with van der Waals surface area (Å²) in [7, 11) is 0. The zero-order valence-corrected chi connectivity index (χ0v) is 9.39. The van der Waals surface area contributed by atoms with Gasteiger partial charge in [-0.3, -0.25) is 9.78 Å². The number of hydrogen-bond donors (Lipinski definition) is 1. The van der Waals surface area contributed by atoms with E-state index in [1.165, 1.54) is 6.20 Å². The van der Waals surface area contributed by atoms with Crippen LogP contribution in [0.25, 0.3) is 11.5 Å². The Hall–Kier alpha value is -1.95. The number of carboxylic acids is 1. The van der Waals surface area contributed by atoms with E-state index in [1.807, 2.05) is 0 Å². The second kappa shape index (κ2) is 4.92. The number of aromatic nitrogens is 3. The lowest BCUT2D eigenvalue weighted by Gasteiger charge is -1.92. The summed E-state index contributed by atoms with van der Waals surface area (Å²) in [6.45, 7) is 0. The van der Waals surface area contributed by atoms with Crippen LogP contribution in [0.15, 0.2) is 22.9 Å². The fraction of sp³-hybridized carbons (Fsp3) is 0.200. The maximum absolute atomic E-state index is 10.4. The molecule has 1 N–H and O–H groups in total. The summed E-state index contributed by atoms with van der Waals surface area (Å²) in [5, 5.41) is 12.7. The van der Waals surface area contributed by atoms with Crippen molar-refractivity contribution in [2.45, 2.75) is 12.8 Å². The lowest BCUT2D eigenvalue weighted by atomic mass is 10.3. The van der Waals surface area contributed by atoms with Crippen LogP contribution in [0.2, 0.25) is 5.02 Å². The van der Waals surface area contributed by atoms with E-state index >= 15 is 0 Å². The molecule has 0 aliphatic carbocycles. The van der Waals surface area contributed by atoms with E-state index in [-0.39, 0.29) is 18.7 Å². The van der Waals surface area contributed by atoms with Crippen LogP contribution in [0, 0.1) is 0 Å². The molecular weight excluding hydrogens is 246 g/mol. The van der Waals surface area contributed by atoms with Crippen LogP contribution < -0.4 is 0 Å². The van der Waals surface area contributed by atoms with Crippen molar-refractivity contribution in [2.75, 3.05) is 0 Å². The number of rotatable bonds is 4. The van der Waals surface area contributed by atoms with Gasteiger partial charge >= 0.3 is 5.97 Å². The van der Waals surface area contributed by atoms with Crippen LogP contribution in [0.3, 0.4) is 0 Å². The summed E-state index contributed by atoms with van der Waals surface area (Å²) in [6.07, 6.45) is 1.63. The zero-order chi connectivity index (χ0) is 12.3. The normalized spacial score (nSPS) is 10.4. The minimum absolute atomic E-state index is 0.0460. The first-order valence-corrected chi connectivity index (χ1v) is 5.19. The van der Waals surface area contributed by atoms with Gasteiger partial charge in [-0.15, -0.1) is 0 Å². The summed E-state index contributed by atoms with van der Waals surface area (Å²) in [5.74, 6) is -0.310. The lowest BCUT2D eigenvalue weighted by Crippen LogP contribution is -1.97. The number of aliphatic carboxylic acids is 1. The highest BCUT2D eigenvalue weighted by Gasteiger charge is 2.10. The molecule has 0 radical (unpaired) electrons. The number of halogens is 1. The monoisotopic (exact) mass is 253 g/mol. The van der Waals surface area contributed by atoms with Crippen LogP contribution in [0.4, 0.5) is 0 Å². The second-order valence-corrected chi connectivity index (χ2v) is 3.70. The predicted octanol–water partition coefficient (Wildman–Crippen LogP) is 1.80. The van der Waals surface area contributed by atoms with Gasteiger partial charge < -0.3 is 9.63 Å². The molecule has 6 nitrogen and oxygen atoms in total. The molecule has 0 atom stereocenters. The Labute approximate surface area is 101 Å². The molecule has 0 saturated carbocycles. The maximum Gasteiger partial charge on any atom is 0.303 e. The van der Waals surface area contributed by atoms with Crippen molar-refractivity contribution in [1.82, 2.24) is 15.1 Å². The van der Waals surface area contributed by atoms with Gasteiger partial charge in [-0.25, -0.2) is 0 Å². The molecule has 17 heavy (non-hydrogen) atoms. The van der Waals surface area contributed by atoms with E-state index in [1.54, 1.807) is 12.1 Å². The third-order valence-electron chi connectivity index (χ3n) is 1.98. The molecule has 0 saturated heterocycles. The molecule has 0 aliphatic heterocycles. The van der Waals surface area contributed by atoms with E-state index in [2.05, 4.69) is 15.1 Å². The Morgan fingerprint density at radius 3 is 2.94 bits per heavy atom. The summed E-state index contributed by atoms with van der Waals surface area (Å²) in [6, 6.07) is 3.32. The van der Waals surface area contributed by atoms with Crippen LogP contribution in [0.5, 0.6) is 0 Å². The third kappa shape index (κ3) is 3.01. The Bertz CT molecular complexity index is 524. The van der Waals surface area contributed by atoms with Crippen molar-refractivity contribution < 1.29 is 14.4 Å². The molecule has 0 unspecified atom stereocenters. The number of nitrogens with zero attached hydrogens (tertiary/aromatic N) is 3. The summed E-state index contributed by atoms with van der Waals surface area (Å²) in [4.78, 5) is 18.4. The molecule has 0 aromatic carbocycles. The molecular formula is C10H8ClN3O3. The van der Waals surface area contributed by atoms with Gasteiger partial charge in [0.2, 0.25) is 11.7 Å². The van der Waals surface area contributed by atoms with Crippen molar-refractivity contribution in [3.05, 3.63) is 29.2 Å². The first-order chi connectivity index (χ1) is 8.15. The van der Waals surface area contributed by atoms with Crippen LogP contribution in [0.1, 0.15) is 12.3 Å². The first kappa shape index (κ1) is 11.5. The first-order valence-electron chi connectivity index (χ1n) is 4.81. The third-order valence-corrected chi connectivity index (χ3v) is 2.20. The van der Waals surface area contributed by atoms with E-state index in [9.17, 15) is 4.79 Å². The van der Waals surface area contributed by atoms with Gasteiger partial charge in [0.05, 0.1) is 11.4 Å². The standard InChI is InChI=1S/C10H8ClN3O3/c11-6-1-2-7(12-5-6)10-13-8(17-14-10)3-4-9(15)16/h1-2,5H,3-4H2,(H,15,16). The van der Waals surface area contributed by atoms with Crippen molar-refractivity contribution >= 4 is 17.6 Å². The molecule has 2 heterocycles. The minimum Gasteiger partial charge on any atom is -0.481 e. The van der Waals surface area contributed by atoms with Crippen LogP contribution in [-0.4, -0.2) is 26.2 Å². The van der Waals surface area contributed by atoms with Gasteiger partial charge in [-0.2, -0.15) is 4.98 Å². The topological polar surface area (TPSA) is 89.1 Å². The van der Waals surface area contributed by atoms with Gasteiger partial charge in [0.15, 0.2) is 0 Å². The van der Waals surface area contributed by atoms with Crippen molar-refractivity contribution in [3.63, 3.8) is 0 Å². The smallest absolute Gasteiger partial charge is 0.303 e. The molecule has 7 heteroatoms. The van der Waals surface area contributed by atoms with Gasteiger partial charge in [0.1, 0.15) is 5.69 Å². The second-order valence-electron chi connectivity index (χ2n) is 3.27. The molecule has 0 amide bonds. The quantitative estimate of drug-likeness (QED) is 0.894. The number of pyridine rings is 1. The average molecular weight is 254 g/mol. The highest BCUT2D eigenvalue weighted by Crippen LogP contribution is 2.15. The van der Waals surface area contributed by atoms with Crippen LogP contribution in [-0.2, 0) is 11.2 Å². The fourth-order valence-electron chi connectivity index (χ4n) is 1.18. The van der Waals surface area contributed by atoms with Crippen molar-refractivity contribution in [3.8, 4) is 11.5 Å². The molecule has 0 aliphatic rings. The maximum atomic E-state index is 10.4. The van der Waals surface area contributed by atoms with Gasteiger partial charge in [0, 0.05) is 12.6 Å². The summed E-state index contributed by atoms with van der Waals surface area (Å²) >= 11 is 5.70. The number of aryl methyl sites for hydroxylation is 1. The molecule has 88 valence electrons. The molecule has 0 fully saturated rings. The highest BCUT2D eigenvalue weighted by molar-refractivity contribution is 6.30. The Balaban J connectivity index is 2.12. The summed E-state index contributed by atoms with van der Waals surface area (Å²) < 4.78 is 4.90. The minimum atomic E-state index is -0.908. The van der Waals surface area contributed by atoms with Gasteiger partial charge in [-0.1, -0.05) is 16.8 Å². The molecule has 2 rings (SSSR count). The number of hydrogen-bond acceptors (Lipinski definition) is 5. The van der Waals surface area contributed by atoms with E-state index in [4.69, 9.17) is 21.2 Å². The van der Waals surface area contributed by atoms with Crippen molar-refractivity contribution in [2.24, 2.45) is 0 Å². The average Bonchev–Trinajstić information content (AvgIpc) is 2.76. The van der Waals surface area contributed by atoms with Crippen molar-refractivity contribution in [1.29, 1.82) is 0 Å². The number of carbonyl (C=O) groups is 1. The molecule has 2 aromatic heterocycles. The van der Waals surface area contributed by atoms with Gasteiger partial charge in [-0.05, 0) is 12.1 Å². The zero-order valence-electron chi connectivity index (χ0n) is 8.63. The van der Waals surface area contributed by atoms with Crippen LogP contribution >= 0.6 is 11.6 Å². The van der Waals surface area contributed by atoms with E-state index < -0.39 is 5.97 Å². The SMILES string of the molecule is O=C(O)CCc1nc(-c2ccc(Cl)cn2)no1. The Kier molecular flexibility index (Phi) is 3.34. The van der Waals surface area contributed by atoms with E-state index in [0.29, 0.717) is 16.5 Å². The Morgan fingerprint density at radius 2 is 2.29 bits per heavy atom. The fourth-order valence-corrected chi connectivity index (χ4v) is 1.29. The van der Waals surface area contributed by atoms with Gasteiger partial charge in [0.25, 0.3) is 0 Å². The number of carboxylic acid groups (broad SMARTS) is 1. The Morgan fingerprint density at radius 1 is 1.47 bits per heavy atom. The largest absolute Gasteiger partial charge is 0.481 e. The lowest BCUT2D eigenvalue weighted by molar-refractivity contribution is -0.137.